The second kappa shape index (κ2) is 15.7. The summed E-state index contributed by atoms with van der Waals surface area (Å²) in [5.74, 6) is 0. The van der Waals surface area contributed by atoms with E-state index in [-0.39, 0.29) is 27.3 Å². The average Bonchev–Trinajstić information content (AvgIpc) is 3.78. The van der Waals surface area contributed by atoms with Gasteiger partial charge in [0.05, 0.1) is 51.6 Å². The molecule has 0 unspecified atom stereocenters. The number of rotatable bonds is 4. The molecule has 0 aliphatic carbocycles. The Balaban J connectivity index is 1.43. The number of nitrogens with zero attached hydrogens (tertiary/aromatic N) is 4. The number of nitriles is 1. The topological polar surface area (TPSA) is 38.0 Å². The van der Waals surface area contributed by atoms with Crippen molar-refractivity contribution >= 4 is 49.3 Å². The Labute approximate surface area is 398 Å². The molecule has 0 saturated heterocycles. The first kappa shape index (κ1) is 46.0. The lowest BCUT2D eigenvalue weighted by Gasteiger charge is -2.22. The van der Waals surface area contributed by atoms with Crippen LogP contribution in [-0.2, 0) is 27.8 Å². The molecule has 342 valence electrons. The predicted octanol–water partition coefficient (Wildman–Crippen LogP) is 17.8. The third kappa shape index (κ3) is 7.92. The Kier molecular flexibility index (Phi) is 10.7. The number of hydrogen-bond donors (Lipinski definition) is 0. The first-order valence-electron chi connectivity index (χ1n) is 23.2. The highest BCUT2D eigenvalue weighted by Gasteiger charge is 2.32. The van der Waals surface area contributed by atoms with Crippen molar-refractivity contribution in [2.24, 2.45) is 0 Å². The Bertz CT molecular complexity index is 3470. The van der Waals surface area contributed by atoms with Crippen LogP contribution in [0.2, 0.25) is 0 Å². The molecule has 0 fully saturated rings. The van der Waals surface area contributed by atoms with Crippen molar-refractivity contribution < 1.29 is 13.2 Å². The summed E-state index contributed by atoms with van der Waals surface area (Å²) in [5.41, 5.74) is 12.0. The number of fused-ring (bicyclic) bond motifs is 6. The highest BCUT2D eigenvalue weighted by Crippen LogP contribution is 2.46. The van der Waals surface area contributed by atoms with Crippen molar-refractivity contribution in [1.29, 1.82) is 5.26 Å². The van der Waals surface area contributed by atoms with Crippen molar-refractivity contribution in [3.05, 3.63) is 172 Å². The Hall–Kier alpha value is -7.09. The minimum Gasteiger partial charge on any atom is -0.309 e. The zero-order chi connectivity index (χ0) is 49.0. The average molecular weight is 903 g/mol. The van der Waals surface area contributed by atoms with E-state index in [4.69, 9.17) is 6.57 Å². The summed E-state index contributed by atoms with van der Waals surface area (Å²) in [6, 6.07) is 44.3. The molecule has 0 amide bonds. The largest absolute Gasteiger partial charge is 0.415 e. The van der Waals surface area contributed by atoms with Gasteiger partial charge < -0.3 is 9.13 Å². The van der Waals surface area contributed by atoms with Gasteiger partial charge in [-0.3, -0.25) is 0 Å². The van der Waals surface area contributed by atoms with Crippen LogP contribution in [0.25, 0.3) is 82.1 Å². The SMILES string of the molecule is [C-]#[N+]c1cc(C(F)(F)F)ccc1-c1ccc(-n2c3ccc(C(C)(C)C)cc3c3cc(C(C)(C)C)ccc32)c(-c2ccc(C#N)cc2-n2c3ccc(C(C)(C)C)cc3c3cc(C(C)(C)C)ccc32)c1. The molecule has 68 heavy (non-hydrogen) atoms. The first-order chi connectivity index (χ1) is 31.8. The summed E-state index contributed by atoms with van der Waals surface area (Å²) >= 11 is 0. The fourth-order valence-electron chi connectivity index (χ4n) is 9.60. The molecular formula is C61H57F3N4. The summed E-state index contributed by atoms with van der Waals surface area (Å²) < 4.78 is 46.7. The minimum absolute atomic E-state index is 0.0911. The number of hydrogen-bond acceptors (Lipinski definition) is 1. The number of aromatic nitrogens is 2. The number of alkyl halides is 3. The fourth-order valence-corrected chi connectivity index (χ4v) is 9.60. The molecule has 0 aliphatic rings. The summed E-state index contributed by atoms with van der Waals surface area (Å²) in [4.78, 5) is 3.64. The van der Waals surface area contributed by atoms with Crippen LogP contribution in [0, 0.1) is 17.9 Å². The Morgan fingerprint density at radius 3 is 1.21 bits per heavy atom. The van der Waals surface area contributed by atoms with Crippen molar-refractivity contribution in [3.8, 4) is 39.7 Å². The van der Waals surface area contributed by atoms with E-state index in [1.807, 2.05) is 36.4 Å². The number of benzene rings is 7. The van der Waals surface area contributed by atoms with E-state index in [9.17, 15) is 18.4 Å². The molecule has 0 N–H and O–H groups in total. The van der Waals surface area contributed by atoms with E-state index in [1.165, 1.54) is 28.3 Å². The van der Waals surface area contributed by atoms with Crippen LogP contribution in [0.4, 0.5) is 18.9 Å². The zero-order valence-corrected chi connectivity index (χ0v) is 41.0. The van der Waals surface area contributed by atoms with Gasteiger partial charge in [-0.15, -0.1) is 0 Å². The third-order valence-corrected chi connectivity index (χ3v) is 13.6. The van der Waals surface area contributed by atoms with Gasteiger partial charge >= 0.3 is 6.18 Å². The second-order valence-electron chi connectivity index (χ2n) is 22.5. The molecule has 9 aromatic rings. The zero-order valence-electron chi connectivity index (χ0n) is 41.0. The third-order valence-electron chi connectivity index (χ3n) is 13.6. The lowest BCUT2D eigenvalue weighted by molar-refractivity contribution is -0.137. The molecule has 0 bridgehead atoms. The van der Waals surface area contributed by atoms with E-state index >= 15 is 0 Å². The second-order valence-corrected chi connectivity index (χ2v) is 22.5. The van der Waals surface area contributed by atoms with Gasteiger partial charge in [0.1, 0.15) is 0 Å². The Morgan fingerprint density at radius 2 is 0.824 bits per heavy atom. The maximum Gasteiger partial charge on any atom is 0.415 e. The van der Waals surface area contributed by atoms with Gasteiger partial charge in [0.15, 0.2) is 5.69 Å². The van der Waals surface area contributed by atoms with Crippen molar-refractivity contribution in [2.75, 3.05) is 0 Å². The fraction of sp³-hybridized carbons (Fsp3) is 0.279. The van der Waals surface area contributed by atoms with Gasteiger partial charge in [0.2, 0.25) is 0 Å². The molecule has 9 rings (SSSR count). The van der Waals surface area contributed by atoms with Gasteiger partial charge in [0, 0.05) is 38.2 Å². The maximum absolute atomic E-state index is 14.1. The van der Waals surface area contributed by atoms with Gasteiger partial charge in [-0.05, 0) is 134 Å². The smallest absolute Gasteiger partial charge is 0.309 e. The lowest BCUT2D eigenvalue weighted by atomic mass is 9.85. The summed E-state index contributed by atoms with van der Waals surface area (Å²) in [6.07, 6.45) is -4.61. The van der Waals surface area contributed by atoms with E-state index in [1.54, 1.807) is 0 Å². The van der Waals surface area contributed by atoms with Crippen LogP contribution in [-0.4, -0.2) is 9.13 Å². The molecule has 0 aliphatic heterocycles. The molecule has 2 heterocycles. The number of halogens is 3. The molecule has 0 spiro atoms. The van der Waals surface area contributed by atoms with Gasteiger partial charge in [-0.25, -0.2) is 4.85 Å². The molecule has 7 aromatic carbocycles. The highest BCUT2D eigenvalue weighted by atomic mass is 19.4. The van der Waals surface area contributed by atoms with Crippen LogP contribution in [0.5, 0.6) is 0 Å². The van der Waals surface area contributed by atoms with Gasteiger partial charge in [0.25, 0.3) is 0 Å². The molecule has 7 heteroatoms. The van der Waals surface area contributed by atoms with Crippen LogP contribution in [0.3, 0.4) is 0 Å². The van der Waals surface area contributed by atoms with Crippen molar-refractivity contribution in [2.45, 2.75) is 111 Å². The maximum atomic E-state index is 14.1. The molecule has 0 radical (unpaired) electrons. The molecule has 0 atom stereocenters. The minimum atomic E-state index is -4.61. The standard InChI is InChI=1S/C61H57F3N4/c1-57(2,3)38-17-24-52-46(30-38)47-31-39(58(4,5)6)18-25-53(47)67(52)51-23-15-37(43-22-16-42(61(62,63)64)34-50(43)66-13)29-45(51)44-21-14-36(35-65)28-56(44)68-54-26-19-40(59(7,8)9)32-48(54)49-33-41(60(10,11)12)20-27-55(49)68/h14-34H,1-12H3. The van der Waals surface area contributed by atoms with Crippen LogP contribution < -0.4 is 0 Å². The van der Waals surface area contributed by atoms with E-state index < -0.39 is 11.7 Å². The molecule has 0 saturated carbocycles. The monoisotopic (exact) mass is 902 g/mol. The quantitative estimate of drug-likeness (QED) is 0.162. The highest BCUT2D eigenvalue weighted by molar-refractivity contribution is 6.12. The lowest BCUT2D eigenvalue weighted by Crippen LogP contribution is -2.10. The van der Waals surface area contributed by atoms with Crippen LogP contribution in [0.1, 0.15) is 116 Å². The van der Waals surface area contributed by atoms with Gasteiger partial charge in [-0.2, -0.15) is 18.4 Å². The van der Waals surface area contributed by atoms with Crippen molar-refractivity contribution in [3.63, 3.8) is 0 Å². The van der Waals surface area contributed by atoms with Crippen LogP contribution in [0.15, 0.2) is 127 Å². The van der Waals surface area contributed by atoms with E-state index in [2.05, 4.69) is 176 Å². The van der Waals surface area contributed by atoms with Gasteiger partial charge in [-0.1, -0.05) is 132 Å². The Morgan fingerprint density at radius 1 is 0.426 bits per heavy atom. The molecular weight excluding hydrogens is 846 g/mol. The summed E-state index contributed by atoms with van der Waals surface area (Å²) in [7, 11) is 0. The van der Waals surface area contributed by atoms with Crippen molar-refractivity contribution in [1.82, 2.24) is 9.13 Å². The summed E-state index contributed by atoms with van der Waals surface area (Å²) in [5, 5.41) is 15.0. The van der Waals surface area contributed by atoms with E-state index in [0.717, 1.165) is 78.2 Å². The van der Waals surface area contributed by atoms with E-state index in [0.29, 0.717) is 16.7 Å². The predicted molar refractivity (Wildman–Crippen MR) is 277 cm³/mol. The van der Waals surface area contributed by atoms with Crippen LogP contribution >= 0.6 is 0 Å². The first-order valence-corrected chi connectivity index (χ1v) is 23.2. The molecule has 2 aromatic heterocycles. The summed E-state index contributed by atoms with van der Waals surface area (Å²) in [6.45, 7) is 34.7. The normalized spacial score (nSPS) is 12.9. The molecule has 4 nitrogen and oxygen atoms in total.